The number of anilines is 4. The van der Waals surface area contributed by atoms with Gasteiger partial charge in [-0.15, -0.1) is 0 Å². The van der Waals surface area contributed by atoms with Crippen molar-refractivity contribution in [3.05, 3.63) is 48.5 Å². The van der Waals surface area contributed by atoms with Gasteiger partial charge in [0.25, 0.3) is 0 Å². The zero-order chi connectivity index (χ0) is 24.3. The van der Waals surface area contributed by atoms with Crippen LogP contribution in [0.2, 0.25) is 0 Å². The predicted octanol–water partition coefficient (Wildman–Crippen LogP) is 2.70. The Morgan fingerprint density at radius 1 is 0.514 bits per heavy atom. The summed E-state index contributed by atoms with van der Waals surface area (Å²) in [5.41, 5.74) is 15.4. The molecule has 0 unspecified atom stereocenters. The molecule has 0 spiro atoms. The predicted molar refractivity (Wildman–Crippen MR) is 149 cm³/mol. The van der Waals surface area contributed by atoms with Gasteiger partial charge < -0.3 is 22.1 Å². The van der Waals surface area contributed by atoms with Crippen LogP contribution in [0.5, 0.6) is 0 Å². The van der Waals surface area contributed by atoms with Crippen LogP contribution in [0.3, 0.4) is 0 Å². The molecule has 0 amide bonds. The van der Waals surface area contributed by atoms with Gasteiger partial charge >= 0.3 is 0 Å². The van der Waals surface area contributed by atoms with Crippen LogP contribution in [0.25, 0.3) is 0 Å². The van der Waals surface area contributed by atoms with Gasteiger partial charge in [-0.25, -0.2) is 0 Å². The molecule has 2 aromatic rings. The van der Waals surface area contributed by atoms with E-state index in [-0.39, 0.29) is 0 Å². The van der Waals surface area contributed by atoms with E-state index in [0.717, 1.165) is 75.1 Å². The molecule has 2 saturated heterocycles. The third-order valence-electron chi connectivity index (χ3n) is 7.00. The normalized spacial score (nSPS) is 17.8. The molecule has 0 aromatic heterocycles. The maximum absolute atomic E-state index is 5.75. The van der Waals surface area contributed by atoms with E-state index in [1.165, 1.54) is 45.7 Å². The molecule has 0 atom stereocenters. The lowest BCUT2D eigenvalue weighted by Crippen LogP contribution is -2.31. The number of hydrogen-bond acceptors (Lipinski definition) is 8. The first kappa shape index (κ1) is 25.6. The summed E-state index contributed by atoms with van der Waals surface area (Å²) < 4.78 is 0. The number of benzene rings is 2. The monoisotopic (exact) mass is 480 g/mol. The molecule has 2 heterocycles. The third-order valence-corrected chi connectivity index (χ3v) is 7.00. The zero-order valence-corrected chi connectivity index (χ0v) is 21.2. The molecule has 8 heteroatoms. The molecule has 8 nitrogen and oxygen atoms in total. The molecule has 2 aliphatic heterocycles. The minimum atomic E-state index is 0.814. The highest BCUT2D eigenvalue weighted by Gasteiger charge is 2.21. The van der Waals surface area contributed by atoms with E-state index in [1.54, 1.807) is 0 Å². The van der Waals surface area contributed by atoms with Crippen LogP contribution in [0.1, 0.15) is 19.3 Å². The number of nitrogens with one attached hydrogen (secondary N) is 2. The third kappa shape index (κ3) is 8.89. The van der Waals surface area contributed by atoms with Gasteiger partial charge in [0.15, 0.2) is 0 Å². The molecule has 2 aromatic carbocycles. The number of rotatable bonds is 14. The number of hydrogen-bond donors (Lipinski definition) is 4. The van der Waals surface area contributed by atoms with Gasteiger partial charge in [0, 0.05) is 88.2 Å². The standard InChI is InChI=1S/C27H44N8/c28-24-4-8-26(9-5-24)30-12-1-14-32-18-20-34(22-32)16-3-17-35-21-19-33(23-35)15-2-13-31-27-10-6-25(29)7-11-27/h4-11,30-31H,1-3,12-23,28-29H2. The van der Waals surface area contributed by atoms with E-state index in [9.17, 15) is 0 Å². The lowest BCUT2D eigenvalue weighted by molar-refractivity contribution is 0.214. The topological polar surface area (TPSA) is 89.1 Å². The quantitative estimate of drug-likeness (QED) is 0.242. The highest BCUT2D eigenvalue weighted by Crippen LogP contribution is 2.13. The summed E-state index contributed by atoms with van der Waals surface area (Å²) in [6.07, 6.45) is 3.59. The van der Waals surface area contributed by atoms with Crippen molar-refractivity contribution < 1.29 is 0 Å². The number of nitrogens with two attached hydrogens (primary N) is 2. The van der Waals surface area contributed by atoms with Crippen molar-refractivity contribution in [1.29, 1.82) is 0 Å². The van der Waals surface area contributed by atoms with Gasteiger partial charge in [0.2, 0.25) is 0 Å². The van der Waals surface area contributed by atoms with Crippen molar-refractivity contribution in [2.24, 2.45) is 0 Å². The second kappa shape index (κ2) is 13.5. The van der Waals surface area contributed by atoms with Gasteiger partial charge in [-0.05, 0) is 67.8 Å². The molecular formula is C27H44N8. The Hall–Kier alpha value is -2.52. The van der Waals surface area contributed by atoms with E-state index in [2.05, 4.69) is 30.2 Å². The van der Waals surface area contributed by atoms with Crippen LogP contribution in [0.4, 0.5) is 22.7 Å². The SMILES string of the molecule is Nc1ccc(NCCCN2CCN(CCCN3CCN(CCCNc4ccc(N)cc4)C3)C2)cc1. The van der Waals surface area contributed by atoms with E-state index < -0.39 is 0 Å². The molecule has 2 fully saturated rings. The Labute approximate surface area is 211 Å². The van der Waals surface area contributed by atoms with E-state index in [4.69, 9.17) is 11.5 Å². The van der Waals surface area contributed by atoms with Crippen LogP contribution >= 0.6 is 0 Å². The molecule has 6 N–H and O–H groups in total. The Morgan fingerprint density at radius 2 is 0.857 bits per heavy atom. The van der Waals surface area contributed by atoms with Gasteiger partial charge in [-0.2, -0.15) is 0 Å². The Kier molecular flexibility index (Phi) is 9.89. The minimum absolute atomic E-state index is 0.814. The summed E-state index contributed by atoms with van der Waals surface area (Å²) in [4.78, 5) is 10.4. The maximum atomic E-state index is 5.75. The summed E-state index contributed by atoms with van der Waals surface area (Å²) in [5.74, 6) is 0. The van der Waals surface area contributed by atoms with E-state index in [1.807, 2.05) is 48.5 Å². The minimum Gasteiger partial charge on any atom is -0.399 e. The van der Waals surface area contributed by atoms with Gasteiger partial charge in [-0.1, -0.05) is 0 Å². The smallest absolute Gasteiger partial charge is 0.0507 e. The van der Waals surface area contributed by atoms with Crippen LogP contribution in [-0.4, -0.2) is 98.4 Å². The highest BCUT2D eigenvalue weighted by atomic mass is 15.4. The Balaban J connectivity index is 0.993. The first-order valence-electron chi connectivity index (χ1n) is 13.2. The molecule has 0 aliphatic carbocycles. The largest absolute Gasteiger partial charge is 0.399 e. The molecule has 0 saturated carbocycles. The summed E-state index contributed by atoms with van der Waals surface area (Å²) in [6.45, 7) is 13.8. The summed E-state index contributed by atoms with van der Waals surface area (Å²) in [7, 11) is 0. The van der Waals surface area contributed by atoms with Crippen LogP contribution in [0.15, 0.2) is 48.5 Å². The van der Waals surface area contributed by atoms with Gasteiger partial charge in [0.05, 0.1) is 13.3 Å². The van der Waals surface area contributed by atoms with Crippen LogP contribution in [-0.2, 0) is 0 Å². The first-order chi connectivity index (χ1) is 17.1. The zero-order valence-electron chi connectivity index (χ0n) is 21.2. The number of nitrogens with zero attached hydrogens (tertiary/aromatic N) is 4. The van der Waals surface area contributed by atoms with E-state index in [0.29, 0.717) is 0 Å². The van der Waals surface area contributed by atoms with Crippen molar-refractivity contribution in [1.82, 2.24) is 19.6 Å². The van der Waals surface area contributed by atoms with Crippen molar-refractivity contribution in [2.75, 3.05) is 101 Å². The average molecular weight is 481 g/mol. The second-order valence-corrected chi connectivity index (χ2v) is 9.91. The lowest BCUT2D eigenvalue weighted by Gasteiger charge is -2.21. The molecular weight excluding hydrogens is 436 g/mol. The Bertz CT molecular complexity index is 785. The molecule has 192 valence electrons. The van der Waals surface area contributed by atoms with Crippen molar-refractivity contribution >= 4 is 22.7 Å². The molecule has 2 aliphatic rings. The molecule has 35 heavy (non-hydrogen) atoms. The van der Waals surface area contributed by atoms with Crippen LogP contribution in [0, 0.1) is 0 Å². The van der Waals surface area contributed by atoms with Gasteiger partial charge in [-0.3, -0.25) is 19.6 Å². The first-order valence-corrected chi connectivity index (χ1v) is 13.2. The highest BCUT2D eigenvalue weighted by molar-refractivity contribution is 5.51. The molecule has 0 bridgehead atoms. The fraction of sp³-hybridized carbons (Fsp3) is 0.556. The number of nitrogen functional groups attached to an aromatic ring is 2. The second-order valence-electron chi connectivity index (χ2n) is 9.91. The van der Waals surface area contributed by atoms with Crippen LogP contribution < -0.4 is 22.1 Å². The fourth-order valence-corrected chi connectivity index (χ4v) is 4.93. The van der Waals surface area contributed by atoms with Crippen molar-refractivity contribution in [3.8, 4) is 0 Å². The maximum Gasteiger partial charge on any atom is 0.0507 e. The molecule has 0 radical (unpaired) electrons. The van der Waals surface area contributed by atoms with Crippen molar-refractivity contribution in [2.45, 2.75) is 19.3 Å². The fourth-order valence-electron chi connectivity index (χ4n) is 4.93. The van der Waals surface area contributed by atoms with E-state index >= 15 is 0 Å². The summed E-state index contributed by atoms with van der Waals surface area (Å²) >= 11 is 0. The lowest BCUT2D eigenvalue weighted by atomic mass is 10.3. The van der Waals surface area contributed by atoms with Crippen molar-refractivity contribution in [3.63, 3.8) is 0 Å². The summed E-state index contributed by atoms with van der Waals surface area (Å²) in [5, 5.41) is 6.98. The Morgan fingerprint density at radius 3 is 1.23 bits per heavy atom. The average Bonchev–Trinajstić information content (AvgIpc) is 3.51. The van der Waals surface area contributed by atoms with Gasteiger partial charge in [0.1, 0.15) is 0 Å². The molecule has 4 rings (SSSR count). The summed E-state index contributed by atoms with van der Waals surface area (Å²) in [6, 6.07) is 16.0.